The second-order valence-corrected chi connectivity index (χ2v) is 6.29. The van der Waals surface area contributed by atoms with E-state index in [1.54, 1.807) is 6.20 Å². The minimum Gasteiger partial charge on any atom is -0.396 e. The van der Waals surface area contributed by atoms with Crippen molar-refractivity contribution >= 4 is 22.3 Å². The van der Waals surface area contributed by atoms with E-state index in [1.165, 1.54) is 11.1 Å². The van der Waals surface area contributed by atoms with Crippen LogP contribution in [0.25, 0.3) is 10.9 Å². The highest BCUT2D eigenvalue weighted by Gasteiger charge is 2.08. The van der Waals surface area contributed by atoms with Crippen LogP contribution in [0, 0.1) is 5.92 Å². The Bertz CT molecular complexity index is 818. The minimum absolute atomic E-state index is 0.428. The molecule has 3 aromatic rings. The third kappa shape index (κ3) is 3.84. The van der Waals surface area contributed by atoms with E-state index in [9.17, 15) is 0 Å². The Morgan fingerprint density at radius 3 is 2.62 bits per heavy atom. The number of benzene rings is 2. The molecule has 2 aromatic carbocycles. The average molecular weight is 321 g/mol. The lowest BCUT2D eigenvalue weighted by Crippen LogP contribution is -2.09. The van der Waals surface area contributed by atoms with E-state index < -0.39 is 0 Å². The SMILES string of the molecule is CC(COCc1ccccc1)Cc1ccc2c(N)c(N)cnc2c1. The highest BCUT2D eigenvalue weighted by Crippen LogP contribution is 2.26. The van der Waals surface area contributed by atoms with Gasteiger partial charge in [0.1, 0.15) is 0 Å². The molecule has 4 nitrogen and oxygen atoms in total. The molecule has 0 amide bonds. The van der Waals surface area contributed by atoms with Crippen LogP contribution < -0.4 is 11.5 Å². The molecule has 0 radical (unpaired) electrons. The van der Waals surface area contributed by atoms with Gasteiger partial charge in [-0.1, -0.05) is 49.4 Å². The third-order valence-electron chi connectivity index (χ3n) is 4.10. The maximum atomic E-state index is 6.01. The van der Waals surface area contributed by atoms with Gasteiger partial charge in [0.2, 0.25) is 0 Å². The van der Waals surface area contributed by atoms with Gasteiger partial charge in [-0.25, -0.2) is 0 Å². The maximum Gasteiger partial charge on any atom is 0.0740 e. The molecule has 4 heteroatoms. The first-order valence-corrected chi connectivity index (χ1v) is 8.17. The topological polar surface area (TPSA) is 74.2 Å². The number of nitrogens with zero attached hydrogens (tertiary/aromatic N) is 1. The van der Waals surface area contributed by atoms with Gasteiger partial charge in [-0.15, -0.1) is 0 Å². The van der Waals surface area contributed by atoms with E-state index in [2.05, 4.69) is 36.2 Å². The van der Waals surface area contributed by atoms with E-state index in [0.29, 0.717) is 23.9 Å². The van der Waals surface area contributed by atoms with Crippen LogP contribution in [0.2, 0.25) is 0 Å². The molecule has 0 fully saturated rings. The van der Waals surface area contributed by atoms with E-state index in [0.717, 1.165) is 23.9 Å². The summed E-state index contributed by atoms with van der Waals surface area (Å²) in [7, 11) is 0. The van der Waals surface area contributed by atoms with Crippen molar-refractivity contribution in [3.63, 3.8) is 0 Å². The van der Waals surface area contributed by atoms with Crippen LogP contribution in [-0.2, 0) is 17.8 Å². The molecule has 124 valence electrons. The molecular formula is C20H23N3O. The number of rotatable bonds is 6. The van der Waals surface area contributed by atoms with Crippen LogP contribution >= 0.6 is 0 Å². The molecule has 0 saturated carbocycles. The summed E-state index contributed by atoms with van der Waals surface area (Å²) in [6.45, 7) is 3.57. The molecule has 0 aliphatic rings. The van der Waals surface area contributed by atoms with Gasteiger partial charge in [-0.05, 0) is 29.5 Å². The lowest BCUT2D eigenvalue weighted by atomic mass is 10.00. The number of nitrogen functional groups attached to an aromatic ring is 2. The van der Waals surface area contributed by atoms with Crippen LogP contribution in [0.4, 0.5) is 11.4 Å². The Morgan fingerprint density at radius 2 is 1.83 bits per heavy atom. The zero-order valence-electron chi connectivity index (χ0n) is 13.9. The van der Waals surface area contributed by atoms with Crippen molar-refractivity contribution in [1.29, 1.82) is 0 Å². The number of nitrogens with two attached hydrogens (primary N) is 2. The van der Waals surface area contributed by atoms with Crippen molar-refractivity contribution in [2.24, 2.45) is 5.92 Å². The van der Waals surface area contributed by atoms with Gasteiger partial charge in [-0.3, -0.25) is 4.98 Å². The fourth-order valence-electron chi connectivity index (χ4n) is 2.82. The summed E-state index contributed by atoms with van der Waals surface area (Å²) in [5.41, 5.74) is 16.3. The van der Waals surface area contributed by atoms with Gasteiger partial charge in [0.25, 0.3) is 0 Å². The molecule has 3 rings (SSSR count). The molecule has 24 heavy (non-hydrogen) atoms. The highest BCUT2D eigenvalue weighted by molar-refractivity contribution is 5.95. The summed E-state index contributed by atoms with van der Waals surface area (Å²) < 4.78 is 5.82. The molecule has 4 N–H and O–H groups in total. The molecule has 0 aliphatic carbocycles. The summed E-state index contributed by atoms with van der Waals surface area (Å²) in [6, 6.07) is 16.4. The second-order valence-electron chi connectivity index (χ2n) is 6.29. The lowest BCUT2D eigenvalue weighted by Gasteiger charge is -2.13. The van der Waals surface area contributed by atoms with E-state index in [1.807, 2.05) is 24.3 Å². The molecule has 0 spiro atoms. The van der Waals surface area contributed by atoms with Crippen molar-refractivity contribution < 1.29 is 4.74 Å². The quantitative estimate of drug-likeness (QED) is 0.724. The van der Waals surface area contributed by atoms with Crippen molar-refractivity contribution in [1.82, 2.24) is 4.98 Å². The Hall–Kier alpha value is -2.59. The molecule has 1 heterocycles. The zero-order valence-corrected chi connectivity index (χ0v) is 13.9. The number of hydrogen-bond acceptors (Lipinski definition) is 4. The second kappa shape index (κ2) is 7.32. The number of ether oxygens (including phenoxy) is 1. The monoisotopic (exact) mass is 321 g/mol. The first-order chi connectivity index (χ1) is 11.6. The van der Waals surface area contributed by atoms with Gasteiger partial charge in [0, 0.05) is 12.0 Å². The maximum absolute atomic E-state index is 6.01. The fourth-order valence-corrected chi connectivity index (χ4v) is 2.82. The predicted octanol–water partition coefficient (Wildman–Crippen LogP) is 3.79. The number of fused-ring (bicyclic) bond motifs is 1. The Morgan fingerprint density at radius 1 is 1.04 bits per heavy atom. The predicted molar refractivity (Wildman–Crippen MR) is 99.5 cm³/mol. The van der Waals surface area contributed by atoms with E-state index in [4.69, 9.17) is 16.2 Å². The summed E-state index contributed by atoms with van der Waals surface area (Å²) >= 11 is 0. The Labute approximate surface area is 142 Å². The molecule has 0 saturated heterocycles. The minimum atomic E-state index is 0.428. The summed E-state index contributed by atoms with van der Waals surface area (Å²) in [5.74, 6) is 0.428. The summed E-state index contributed by atoms with van der Waals surface area (Å²) in [6.07, 6.45) is 2.56. The van der Waals surface area contributed by atoms with Crippen LogP contribution in [-0.4, -0.2) is 11.6 Å². The summed E-state index contributed by atoms with van der Waals surface area (Å²) in [4.78, 5) is 4.38. The van der Waals surface area contributed by atoms with Crippen LogP contribution in [0.3, 0.4) is 0 Å². The van der Waals surface area contributed by atoms with Crippen molar-refractivity contribution in [3.8, 4) is 0 Å². The van der Waals surface area contributed by atoms with Crippen molar-refractivity contribution in [3.05, 3.63) is 65.9 Å². The van der Waals surface area contributed by atoms with Crippen molar-refractivity contribution in [2.45, 2.75) is 20.0 Å². The summed E-state index contributed by atoms with van der Waals surface area (Å²) in [5, 5.41) is 0.909. The van der Waals surface area contributed by atoms with Gasteiger partial charge in [0.15, 0.2) is 0 Å². The molecule has 1 aromatic heterocycles. The van der Waals surface area contributed by atoms with Crippen LogP contribution in [0.1, 0.15) is 18.1 Å². The van der Waals surface area contributed by atoms with Gasteiger partial charge >= 0.3 is 0 Å². The molecule has 1 unspecified atom stereocenters. The zero-order chi connectivity index (χ0) is 16.9. The van der Waals surface area contributed by atoms with Gasteiger partial charge in [0.05, 0.1) is 29.7 Å². The first kappa shape index (κ1) is 16.3. The van der Waals surface area contributed by atoms with Gasteiger partial charge < -0.3 is 16.2 Å². The lowest BCUT2D eigenvalue weighted by molar-refractivity contribution is 0.0922. The Balaban J connectivity index is 1.59. The van der Waals surface area contributed by atoms with Gasteiger partial charge in [-0.2, -0.15) is 0 Å². The number of anilines is 2. The highest BCUT2D eigenvalue weighted by atomic mass is 16.5. The van der Waals surface area contributed by atoms with E-state index in [-0.39, 0.29) is 0 Å². The number of hydrogen-bond donors (Lipinski definition) is 2. The standard InChI is InChI=1S/C20H23N3O/c1-14(12-24-13-15-5-3-2-4-6-15)9-16-7-8-17-19(10-16)23-11-18(21)20(17)22/h2-8,10-11,14H,9,12-13,21H2,1H3,(H2,22,23). The number of aromatic nitrogens is 1. The molecular weight excluding hydrogens is 298 g/mol. The largest absolute Gasteiger partial charge is 0.396 e. The van der Waals surface area contributed by atoms with Crippen LogP contribution in [0.5, 0.6) is 0 Å². The Kier molecular flexibility index (Phi) is 4.96. The molecule has 1 atom stereocenters. The average Bonchev–Trinajstić information content (AvgIpc) is 2.59. The first-order valence-electron chi connectivity index (χ1n) is 8.17. The third-order valence-corrected chi connectivity index (χ3v) is 4.10. The molecule has 0 aliphatic heterocycles. The normalized spacial score (nSPS) is 12.4. The number of pyridine rings is 1. The smallest absolute Gasteiger partial charge is 0.0740 e. The van der Waals surface area contributed by atoms with Crippen LogP contribution in [0.15, 0.2) is 54.7 Å². The van der Waals surface area contributed by atoms with E-state index >= 15 is 0 Å². The molecule has 0 bridgehead atoms. The van der Waals surface area contributed by atoms with Crippen molar-refractivity contribution in [2.75, 3.05) is 18.1 Å². The fraction of sp³-hybridized carbons (Fsp3) is 0.250.